The van der Waals surface area contributed by atoms with E-state index >= 15 is 0 Å². The first-order valence-corrected chi connectivity index (χ1v) is 6.52. The number of hydrogen-bond donors (Lipinski definition) is 0. The van der Waals surface area contributed by atoms with Crippen LogP contribution in [0.3, 0.4) is 0 Å². The van der Waals surface area contributed by atoms with Gasteiger partial charge in [-0.15, -0.1) is 0 Å². The molecule has 0 saturated heterocycles. The van der Waals surface area contributed by atoms with Gasteiger partial charge in [0, 0.05) is 0 Å². The summed E-state index contributed by atoms with van der Waals surface area (Å²) >= 11 is 0. The molecule has 0 aliphatic heterocycles. The molecule has 0 radical (unpaired) electrons. The number of carbonyl (C=O) groups is 2. The van der Waals surface area contributed by atoms with E-state index in [2.05, 4.69) is 0 Å². The monoisotopic (exact) mass is 330 g/mol. The quantitative estimate of drug-likeness (QED) is 0.462. The van der Waals surface area contributed by atoms with Gasteiger partial charge in [-0.25, -0.2) is 0 Å². The summed E-state index contributed by atoms with van der Waals surface area (Å²) in [6, 6.07) is 1.96. The molecule has 10 heteroatoms. The second kappa shape index (κ2) is 4.98. The van der Waals surface area contributed by atoms with Gasteiger partial charge >= 0.3 is 0 Å². The number of aliphatic carboxylic acids is 2. The smallest absolute Gasteiger partial charge is 0.261 e. The second-order valence-corrected chi connectivity index (χ2v) is 5.08. The number of fused-ring (bicyclic) bond motifs is 2. The SMILES string of the molecule is O=C([O-])Cn1c(=O)c2cc3c(=O)n(CC(=O)[O-])c(=O)c3cc2c1=O. The van der Waals surface area contributed by atoms with Gasteiger partial charge in [-0.1, -0.05) is 0 Å². The van der Waals surface area contributed by atoms with Gasteiger partial charge in [0.25, 0.3) is 22.2 Å². The summed E-state index contributed by atoms with van der Waals surface area (Å²) in [5, 5.41) is 20.3. The van der Waals surface area contributed by atoms with Crippen molar-refractivity contribution in [1.82, 2.24) is 9.13 Å². The lowest BCUT2D eigenvalue weighted by Gasteiger charge is -1.99. The number of nitrogens with zero attached hydrogens (tertiary/aromatic N) is 2. The molecular formula is C14H6N2O8-2. The molecule has 2 heterocycles. The third-order valence-electron chi connectivity index (χ3n) is 3.63. The normalized spacial score (nSPS) is 11.3. The molecule has 0 bridgehead atoms. The Morgan fingerprint density at radius 1 is 0.667 bits per heavy atom. The maximum Gasteiger partial charge on any atom is 0.261 e. The molecule has 0 amide bonds. The summed E-state index contributed by atoms with van der Waals surface area (Å²) < 4.78 is 0.839. The largest absolute Gasteiger partial charge is 0.548 e. The molecule has 0 aliphatic rings. The highest BCUT2D eigenvalue weighted by Gasteiger charge is 2.19. The summed E-state index contributed by atoms with van der Waals surface area (Å²) in [5.41, 5.74) is -3.78. The van der Waals surface area contributed by atoms with Crippen molar-refractivity contribution in [3.05, 3.63) is 53.5 Å². The van der Waals surface area contributed by atoms with Crippen LogP contribution >= 0.6 is 0 Å². The maximum atomic E-state index is 12.1. The average Bonchev–Trinajstić information content (AvgIpc) is 2.86. The standard InChI is InChI=1S/C14H8N2O8/c17-9(18)3-15-11(21)5-1-6-8(2-7(5)13(15)23)14(24)16(12(6)22)4-10(19)20/h1-2H,3-4H2,(H,17,18)(H,19,20)/p-2. The van der Waals surface area contributed by atoms with Gasteiger partial charge in [0.15, 0.2) is 0 Å². The fourth-order valence-corrected chi connectivity index (χ4v) is 2.62. The average molecular weight is 330 g/mol. The van der Waals surface area contributed by atoms with Crippen LogP contribution in [0.5, 0.6) is 0 Å². The van der Waals surface area contributed by atoms with Gasteiger partial charge in [0.1, 0.15) is 0 Å². The maximum absolute atomic E-state index is 12.1. The third kappa shape index (κ3) is 2.04. The molecule has 2 aromatic heterocycles. The van der Waals surface area contributed by atoms with Crippen molar-refractivity contribution in [2.75, 3.05) is 0 Å². The Labute approximate surface area is 130 Å². The van der Waals surface area contributed by atoms with E-state index in [1.165, 1.54) is 0 Å². The molecule has 1 aromatic carbocycles. The Kier molecular flexibility index (Phi) is 3.18. The number of carbonyl (C=O) groups excluding carboxylic acids is 2. The summed E-state index contributed by atoms with van der Waals surface area (Å²) in [4.78, 5) is 69.6. The van der Waals surface area contributed by atoms with Crippen LogP contribution in [-0.2, 0) is 22.7 Å². The van der Waals surface area contributed by atoms with Crippen LogP contribution in [0.4, 0.5) is 0 Å². The van der Waals surface area contributed by atoms with Crippen LogP contribution in [0.25, 0.3) is 21.5 Å². The Morgan fingerprint density at radius 2 is 0.917 bits per heavy atom. The van der Waals surface area contributed by atoms with Crippen LogP contribution in [0.2, 0.25) is 0 Å². The number of rotatable bonds is 4. The fraction of sp³-hybridized carbons (Fsp3) is 0.143. The van der Waals surface area contributed by atoms with Crippen LogP contribution in [0.15, 0.2) is 31.3 Å². The van der Waals surface area contributed by atoms with E-state index in [0.29, 0.717) is 9.13 Å². The molecule has 0 saturated carbocycles. The van der Waals surface area contributed by atoms with Crippen LogP contribution in [0, 0.1) is 0 Å². The van der Waals surface area contributed by atoms with E-state index in [4.69, 9.17) is 0 Å². The Bertz CT molecular complexity index is 1060. The number of hydrogen-bond acceptors (Lipinski definition) is 8. The Morgan fingerprint density at radius 3 is 1.12 bits per heavy atom. The molecule has 0 spiro atoms. The molecule has 3 rings (SSSR count). The highest BCUT2D eigenvalue weighted by Crippen LogP contribution is 2.14. The second-order valence-electron chi connectivity index (χ2n) is 5.08. The highest BCUT2D eigenvalue weighted by atomic mass is 16.4. The van der Waals surface area contributed by atoms with E-state index in [9.17, 15) is 39.0 Å². The first-order chi connectivity index (χ1) is 11.2. The minimum absolute atomic E-state index is 0.239. The number of carboxylic acid groups (broad SMARTS) is 2. The molecule has 3 aromatic rings. The predicted octanol–water partition coefficient (Wildman–Crippen LogP) is -4.59. The van der Waals surface area contributed by atoms with Gasteiger partial charge in [-0.05, 0) is 12.1 Å². The molecular weight excluding hydrogens is 324 g/mol. The van der Waals surface area contributed by atoms with Crippen LogP contribution in [-0.4, -0.2) is 21.1 Å². The van der Waals surface area contributed by atoms with E-state index in [1.54, 1.807) is 0 Å². The molecule has 0 N–H and O–H groups in total. The molecule has 0 fully saturated rings. The van der Waals surface area contributed by atoms with E-state index in [0.717, 1.165) is 12.1 Å². The lowest BCUT2D eigenvalue weighted by Crippen LogP contribution is -2.36. The van der Waals surface area contributed by atoms with Crippen molar-refractivity contribution in [3.8, 4) is 0 Å². The molecule has 10 nitrogen and oxygen atoms in total. The Hall–Kier alpha value is -3.56. The van der Waals surface area contributed by atoms with Crippen LogP contribution < -0.4 is 32.5 Å². The summed E-state index contributed by atoms with van der Waals surface area (Å²) in [7, 11) is 0. The number of benzene rings is 1. The molecule has 0 atom stereocenters. The van der Waals surface area contributed by atoms with Crippen molar-refractivity contribution in [2.24, 2.45) is 0 Å². The lowest BCUT2D eigenvalue weighted by atomic mass is 10.1. The van der Waals surface area contributed by atoms with Gasteiger partial charge in [0.2, 0.25) is 0 Å². The minimum Gasteiger partial charge on any atom is -0.548 e. The molecule has 24 heavy (non-hydrogen) atoms. The van der Waals surface area contributed by atoms with Crippen molar-refractivity contribution < 1.29 is 19.8 Å². The zero-order valence-electron chi connectivity index (χ0n) is 11.7. The van der Waals surface area contributed by atoms with Crippen molar-refractivity contribution in [2.45, 2.75) is 13.1 Å². The zero-order valence-corrected chi connectivity index (χ0v) is 11.7. The zero-order chi connectivity index (χ0) is 17.8. The summed E-state index contributed by atoms with van der Waals surface area (Å²) in [6.45, 7) is -1.93. The molecule has 122 valence electrons. The topological polar surface area (TPSA) is 158 Å². The third-order valence-corrected chi connectivity index (χ3v) is 3.63. The lowest BCUT2D eigenvalue weighted by molar-refractivity contribution is -0.308. The van der Waals surface area contributed by atoms with Gasteiger partial charge in [0.05, 0.1) is 46.6 Å². The van der Waals surface area contributed by atoms with E-state index < -0.39 is 47.3 Å². The van der Waals surface area contributed by atoms with Gasteiger partial charge in [-0.2, -0.15) is 0 Å². The number of aromatic nitrogens is 2. The molecule has 0 unspecified atom stereocenters. The van der Waals surface area contributed by atoms with E-state index in [1.807, 2.05) is 0 Å². The summed E-state index contributed by atoms with van der Waals surface area (Å²) in [6.07, 6.45) is 0. The Balaban J connectivity index is 2.43. The number of carboxylic acids is 2. The van der Waals surface area contributed by atoms with Crippen molar-refractivity contribution in [3.63, 3.8) is 0 Å². The molecule has 0 aliphatic carbocycles. The predicted molar refractivity (Wildman–Crippen MR) is 74.9 cm³/mol. The first kappa shape index (κ1) is 15.3. The highest BCUT2D eigenvalue weighted by molar-refractivity contribution is 5.98. The van der Waals surface area contributed by atoms with Crippen molar-refractivity contribution >= 4 is 33.5 Å². The fourth-order valence-electron chi connectivity index (χ4n) is 2.62. The minimum atomic E-state index is -1.65. The first-order valence-electron chi connectivity index (χ1n) is 6.52. The summed E-state index contributed by atoms with van der Waals surface area (Å²) in [5.74, 6) is -3.30. The van der Waals surface area contributed by atoms with Crippen molar-refractivity contribution in [1.29, 1.82) is 0 Å². The van der Waals surface area contributed by atoms with Gasteiger partial charge in [-0.3, -0.25) is 28.3 Å². The van der Waals surface area contributed by atoms with Crippen LogP contribution in [0.1, 0.15) is 0 Å². The van der Waals surface area contributed by atoms with Gasteiger partial charge < -0.3 is 19.8 Å². The van der Waals surface area contributed by atoms with E-state index in [-0.39, 0.29) is 21.5 Å².